The molecule has 1 aromatic carbocycles. The van der Waals surface area contributed by atoms with E-state index < -0.39 is 6.10 Å². The van der Waals surface area contributed by atoms with E-state index in [0.29, 0.717) is 12.3 Å². The minimum Gasteiger partial charge on any atom is -0.454 e. The van der Waals surface area contributed by atoms with E-state index in [1.165, 1.54) is 0 Å². The Morgan fingerprint density at radius 1 is 1.22 bits per heavy atom. The van der Waals surface area contributed by atoms with Gasteiger partial charge in [-0.1, -0.05) is 6.07 Å². The highest BCUT2D eigenvalue weighted by Crippen LogP contribution is 2.34. The van der Waals surface area contributed by atoms with Crippen molar-refractivity contribution in [2.75, 3.05) is 18.8 Å². The summed E-state index contributed by atoms with van der Waals surface area (Å²) in [6, 6.07) is 9.30. The van der Waals surface area contributed by atoms with Crippen LogP contribution in [-0.4, -0.2) is 23.1 Å². The summed E-state index contributed by atoms with van der Waals surface area (Å²) >= 11 is 0. The molecule has 0 amide bonds. The molecule has 1 aromatic heterocycles. The highest BCUT2D eigenvalue weighted by Gasteiger charge is 2.16. The molecule has 1 aliphatic heterocycles. The van der Waals surface area contributed by atoms with E-state index in [2.05, 4.69) is 5.43 Å². The van der Waals surface area contributed by atoms with Crippen LogP contribution in [0.4, 0.5) is 0 Å². The molecule has 94 valence electrons. The first-order chi connectivity index (χ1) is 8.83. The fourth-order valence-electron chi connectivity index (χ4n) is 1.87. The van der Waals surface area contributed by atoms with E-state index in [1.54, 1.807) is 4.68 Å². The van der Waals surface area contributed by atoms with Crippen molar-refractivity contribution < 1.29 is 14.6 Å². The standard InChI is InChI=1S/C13H14N2O3/c16-11(8-14-15-5-1-2-6-15)10-3-4-12-13(7-10)18-9-17-12/h1-7,11,14,16H,8-9H2. The smallest absolute Gasteiger partial charge is 0.231 e. The first-order valence-electron chi connectivity index (χ1n) is 5.77. The highest BCUT2D eigenvalue weighted by atomic mass is 16.7. The summed E-state index contributed by atoms with van der Waals surface area (Å²) in [4.78, 5) is 0. The monoisotopic (exact) mass is 246 g/mol. The van der Waals surface area contributed by atoms with Crippen LogP contribution in [0.2, 0.25) is 0 Å². The molecule has 2 heterocycles. The molecule has 0 bridgehead atoms. The fourth-order valence-corrected chi connectivity index (χ4v) is 1.87. The van der Waals surface area contributed by atoms with Gasteiger partial charge in [0.15, 0.2) is 11.5 Å². The third kappa shape index (κ3) is 2.12. The minimum atomic E-state index is -0.595. The summed E-state index contributed by atoms with van der Waals surface area (Å²) in [6.07, 6.45) is 3.17. The number of hydrogen-bond donors (Lipinski definition) is 2. The number of aromatic nitrogens is 1. The zero-order valence-electron chi connectivity index (χ0n) is 9.74. The number of ether oxygens (including phenoxy) is 2. The molecule has 1 unspecified atom stereocenters. The van der Waals surface area contributed by atoms with Gasteiger partial charge in [0.2, 0.25) is 6.79 Å². The van der Waals surface area contributed by atoms with Crippen molar-refractivity contribution in [1.29, 1.82) is 0 Å². The molecule has 5 heteroatoms. The predicted octanol–water partition coefficient (Wildman–Crippen LogP) is 1.49. The van der Waals surface area contributed by atoms with Gasteiger partial charge in [-0.3, -0.25) is 4.68 Å². The number of rotatable bonds is 4. The van der Waals surface area contributed by atoms with Crippen LogP contribution in [0.15, 0.2) is 42.7 Å². The molecule has 1 aliphatic rings. The molecule has 5 nitrogen and oxygen atoms in total. The van der Waals surface area contributed by atoms with Gasteiger partial charge in [-0.2, -0.15) is 0 Å². The SMILES string of the molecule is OC(CNn1cccc1)c1ccc2c(c1)OCO2. The topological polar surface area (TPSA) is 55.7 Å². The van der Waals surface area contributed by atoms with E-state index in [-0.39, 0.29) is 6.79 Å². The van der Waals surface area contributed by atoms with Gasteiger partial charge in [0.25, 0.3) is 0 Å². The molecule has 0 saturated carbocycles. The predicted molar refractivity (Wildman–Crippen MR) is 66.2 cm³/mol. The van der Waals surface area contributed by atoms with E-state index in [0.717, 1.165) is 11.3 Å². The number of aliphatic hydroxyl groups is 1. The normalized spacial score (nSPS) is 14.5. The number of nitrogens with zero attached hydrogens (tertiary/aromatic N) is 1. The molecule has 0 radical (unpaired) electrons. The van der Waals surface area contributed by atoms with Gasteiger partial charge in [0.05, 0.1) is 12.6 Å². The Morgan fingerprint density at radius 3 is 2.83 bits per heavy atom. The zero-order valence-corrected chi connectivity index (χ0v) is 9.74. The molecule has 0 saturated heterocycles. The van der Waals surface area contributed by atoms with Crippen LogP contribution in [0, 0.1) is 0 Å². The lowest BCUT2D eigenvalue weighted by atomic mass is 10.1. The van der Waals surface area contributed by atoms with Crippen LogP contribution >= 0.6 is 0 Å². The van der Waals surface area contributed by atoms with Gasteiger partial charge in [-0.15, -0.1) is 0 Å². The van der Waals surface area contributed by atoms with E-state index in [9.17, 15) is 5.11 Å². The summed E-state index contributed by atoms with van der Waals surface area (Å²) in [6.45, 7) is 0.671. The number of fused-ring (bicyclic) bond motifs is 1. The van der Waals surface area contributed by atoms with Gasteiger partial charge >= 0.3 is 0 Å². The van der Waals surface area contributed by atoms with E-state index in [1.807, 2.05) is 42.7 Å². The van der Waals surface area contributed by atoms with Crippen molar-refractivity contribution in [3.8, 4) is 11.5 Å². The summed E-state index contributed by atoms with van der Waals surface area (Å²) in [5.74, 6) is 1.41. The lowest BCUT2D eigenvalue weighted by molar-refractivity contribution is 0.173. The van der Waals surface area contributed by atoms with Crippen LogP contribution in [-0.2, 0) is 0 Å². The summed E-state index contributed by atoms with van der Waals surface area (Å²) < 4.78 is 12.3. The Kier molecular flexibility index (Phi) is 2.82. The van der Waals surface area contributed by atoms with Crippen molar-refractivity contribution in [2.24, 2.45) is 0 Å². The average Bonchev–Trinajstić information content (AvgIpc) is 3.05. The van der Waals surface area contributed by atoms with Crippen molar-refractivity contribution in [1.82, 2.24) is 4.68 Å². The third-order valence-electron chi connectivity index (χ3n) is 2.85. The van der Waals surface area contributed by atoms with Gasteiger partial charge in [-0.05, 0) is 29.8 Å². The van der Waals surface area contributed by atoms with Crippen LogP contribution in [0.3, 0.4) is 0 Å². The number of aliphatic hydroxyl groups excluding tert-OH is 1. The number of benzene rings is 1. The molecule has 2 aromatic rings. The molecule has 3 rings (SSSR count). The van der Waals surface area contributed by atoms with Crippen molar-refractivity contribution >= 4 is 0 Å². The summed E-state index contributed by atoms with van der Waals surface area (Å²) in [5, 5.41) is 10.1. The maximum absolute atomic E-state index is 10.1. The quantitative estimate of drug-likeness (QED) is 0.858. The number of hydrogen-bond acceptors (Lipinski definition) is 4. The molecule has 1 atom stereocenters. The third-order valence-corrected chi connectivity index (χ3v) is 2.85. The van der Waals surface area contributed by atoms with Gasteiger partial charge < -0.3 is 20.0 Å². The summed E-state index contributed by atoms with van der Waals surface area (Å²) in [7, 11) is 0. The molecule has 18 heavy (non-hydrogen) atoms. The van der Waals surface area contributed by atoms with E-state index >= 15 is 0 Å². The second-order valence-corrected chi connectivity index (χ2v) is 4.08. The largest absolute Gasteiger partial charge is 0.454 e. The first-order valence-corrected chi connectivity index (χ1v) is 5.77. The van der Waals surface area contributed by atoms with Crippen LogP contribution in [0.25, 0.3) is 0 Å². The van der Waals surface area contributed by atoms with E-state index in [4.69, 9.17) is 9.47 Å². The number of nitrogens with one attached hydrogen (secondary N) is 1. The Morgan fingerprint density at radius 2 is 2.00 bits per heavy atom. The van der Waals surface area contributed by atoms with Crippen LogP contribution in [0.1, 0.15) is 11.7 Å². The zero-order chi connectivity index (χ0) is 12.4. The van der Waals surface area contributed by atoms with Gasteiger partial charge in [-0.25, -0.2) is 0 Å². The Labute approximate surface area is 105 Å². The maximum atomic E-state index is 10.1. The lowest BCUT2D eigenvalue weighted by Crippen LogP contribution is -2.19. The summed E-state index contributed by atoms with van der Waals surface area (Å²) in [5.41, 5.74) is 3.89. The molecular formula is C13H14N2O3. The maximum Gasteiger partial charge on any atom is 0.231 e. The highest BCUT2D eigenvalue weighted by molar-refractivity contribution is 5.45. The molecule has 0 aliphatic carbocycles. The molecule has 0 fully saturated rings. The average molecular weight is 246 g/mol. The fraction of sp³-hybridized carbons (Fsp3) is 0.231. The van der Waals surface area contributed by atoms with Gasteiger partial charge in [0, 0.05) is 12.4 Å². The molecular weight excluding hydrogens is 232 g/mol. The van der Waals surface area contributed by atoms with Crippen molar-refractivity contribution in [3.05, 3.63) is 48.3 Å². The molecule has 2 N–H and O–H groups in total. The lowest BCUT2D eigenvalue weighted by Gasteiger charge is -2.14. The second kappa shape index (κ2) is 4.62. The second-order valence-electron chi connectivity index (χ2n) is 4.08. The van der Waals surface area contributed by atoms with Crippen molar-refractivity contribution in [2.45, 2.75) is 6.10 Å². The Balaban J connectivity index is 1.67. The van der Waals surface area contributed by atoms with Crippen molar-refractivity contribution in [3.63, 3.8) is 0 Å². The first kappa shape index (κ1) is 11.0. The van der Waals surface area contributed by atoms with Crippen LogP contribution in [0.5, 0.6) is 11.5 Å². The van der Waals surface area contributed by atoms with Gasteiger partial charge in [0.1, 0.15) is 0 Å². The minimum absolute atomic E-state index is 0.247. The Hall–Kier alpha value is -2.14. The molecule has 0 spiro atoms. The Bertz CT molecular complexity index is 525. The van der Waals surface area contributed by atoms with Crippen LogP contribution < -0.4 is 14.9 Å².